The Morgan fingerprint density at radius 2 is 1.71 bits per heavy atom. The second-order valence-electron chi connectivity index (χ2n) is 4.74. The van der Waals surface area contributed by atoms with Crippen LogP contribution in [0.3, 0.4) is 0 Å². The number of nitrogens with one attached hydrogen (secondary N) is 2. The lowest BCUT2D eigenvalue weighted by Crippen LogP contribution is -2.38. The van der Waals surface area contributed by atoms with E-state index in [-0.39, 0.29) is 5.69 Å². The van der Waals surface area contributed by atoms with Crippen LogP contribution in [0.2, 0.25) is 0 Å². The maximum Gasteiger partial charge on any atom is 0.416 e. The van der Waals surface area contributed by atoms with Crippen molar-refractivity contribution < 1.29 is 18.0 Å². The predicted octanol–water partition coefficient (Wildman–Crippen LogP) is 3.93. The van der Waals surface area contributed by atoms with Gasteiger partial charge < -0.3 is 10.6 Å². The number of hydrogen-bond donors (Lipinski definition) is 2. The van der Waals surface area contributed by atoms with Gasteiger partial charge in [-0.1, -0.05) is 36.4 Å². The van der Waals surface area contributed by atoms with Crippen LogP contribution >= 0.6 is 0 Å². The zero-order valence-corrected chi connectivity index (χ0v) is 10.7. The zero-order valence-electron chi connectivity index (χ0n) is 10.7. The third-order valence-electron chi connectivity index (χ3n) is 3.35. The lowest BCUT2D eigenvalue weighted by atomic mass is 9.94. The van der Waals surface area contributed by atoms with Crippen molar-refractivity contribution in [3.8, 4) is 0 Å². The normalized spacial score (nSPS) is 17.7. The topological polar surface area (TPSA) is 41.1 Å². The summed E-state index contributed by atoms with van der Waals surface area (Å²) >= 11 is 0. The summed E-state index contributed by atoms with van der Waals surface area (Å²) in [6, 6.07) is 11.5. The molecule has 0 aromatic heterocycles. The van der Waals surface area contributed by atoms with E-state index in [2.05, 4.69) is 10.6 Å². The Morgan fingerprint density at radius 3 is 2.38 bits per heavy atom. The number of amides is 2. The minimum Gasteiger partial charge on any atom is -0.327 e. The van der Waals surface area contributed by atoms with Crippen molar-refractivity contribution in [2.24, 2.45) is 0 Å². The lowest BCUT2D eigenvalue weighted by Gasteiger charge is -2.28. The standard InChI is InChI=1S/C15H11F3N2O/c16-15(17,18)10-6-7-11-12(8-10)19-14(21)20-13(11)9-4-2-1-3-5-9/h1-8,13H,(H2,19,20,21). The summed E-state index contributed by atoms with van der Waals surface area (Å²) in [5.74, 6) is 0. The number of halogens is 3. The number of hydrogen-bond acceptors (Lipinski definition) is 1. The van der Waals surface area contributed by atoms with Crippen LogP contribution in [0.1, 0.15) is 22.7 Å². The smallest absolute Gasteiger partial charge is 0.327 e. The number of alkyl halides is 3. The van der Waals surface area contributed by atoms with Crippen LogP contribution in [-0.2, 0) is 6.18 Å². The van der Waals surface area contributed by atoms with Crippen LogP contribution in [0.15, 0.2) is 48.5 Å². The summed E-state index contributed by atoms with van der Waals surface area (Å²) in [5.41, 5.74) is 0.819. The summed E-state index contributed by atoms with van der Waals surface area (Å²) in [6.07, 6.45) is -4.44. The Hall–Kier alpha value is -2.50. The molecule has 1 unspecified atom stereocenters. The molecule has 0 aliphatic carbocycles. The van der Waals surface area contributed by atoms with Crippen molar-refractivity contribution in [2.45, 2.75) is 12.2 Å². The molecule has 0 bridgehead atoms. The van der Waals surface area contributed by atoms with Gasteiger partial charge in [-0.25, -0.2) is 4.79 Å². The Morgan fingerprint density at radius 1 is 1.00 bits per heavy atom. The molecule has 1 aliphatic heterocycles. The van der Waals surface area contributed by atoms with Crippen LogP contribution in [0.25, 0.3) is 0 Å². The van der Waals surface area contributed by atoms with Gasteiger partial charge in [0.1, 0.15) is 0 Å². The van der Waals surface area contributed by atoms with Gasteiger partial charge in [0.2, 0.25) is 0 Å². The first-order chi connectivity index (χ1) is 9.95. The third kappa shape index (κ3) is 2.56. The molecule has 2 N–H and O–H groups in total. The Kier molecular flexibility index (Phi) is 3.08. The van der Waals surface area contributed by atoms with Gasteiger partial charge in [-0.15, -0.1) is 0 Å². The Bertz CT molecular complexity index is 683. The molecular weight excluding hydrogens is 281 g/mol. The van der Waals surface area contributed by atoms with Crippen molar-refractivity contribution in [2.75, 3.05) is 5.32 Å². The number of anilines is 1. The summed E-state index contributed by atoms with van der Waals surface area (Å²) in [4.78, 5) is 11.7. The molecule has 6 heteroatoms. The number of carbonyl (C=O) groups excluding carboxylic acids is 1. The first-order valence-corrected chi connectivity index (χ1v) is 6.29. The van der Waals surface area contributed by atoms with Crippen LogP contribution in [0, 0.1) is 0 Å². The fourth-order valence-corrected chi connectivity index (χ4v) is 2.37. The van der Waals surface area contributed by atoms with Gasteiger partial charge in [-0.05, 0) is 17.7 Å². The minimum atomic E-state index is -4.44. The molecule has 0 saturated carbocycles. The van der Waals surface area contributed by atoms with Gasteiger partial charge in [0.05, 0.1) is 11.6 Å². The van der Waals surface area contributed by atoms with Crippen LogP contribution < -0.4 is 10.6 Å². The quantitative estimate of drug-likeness (QED) is 0.821. The van der Waals surface area contributed by atoms with Gasteiger partial charge in [0.15, 0.2) is 0 Å². The van der Waals surface area contributed by atoms with E-state index < -0.39 is 23.8 Å². The van der Waals surface area contributed by atoms with Crippen molar-refractivity contribution in [3.63, 3.8) is 0 Å². The van der Waals surface area contributed by atoms with Crippen molar-refractivity contribution >= 4 is 11.7 Å². The summed E-state index contributed by atoms with van der Waals surface area (Å²) in [7, 11) is 0. The third-order valence-corrected chi connectivity index (χ3v) is 3.35. The molecule has 1 atom stereocenters. The summed E-state index contributed by atoms with van der Waals surface area (Å²) < 4.78 is 38.2. The summed E-state index contributed by atoms with van der Waals surface area (Å²) in [5, 5.41) is 5.14. The number of rotatable bonds is 1. The molecule has 0 radical (unpaired) electrons. The Balaban J connectivity index is 2.08. The van der Waals surface area contributed by atoms with E-state index in [0.29, 0.717) is 5.56 Å². The molecule has 1 aliphatic rings. The molecule has 2 aromatic rings. The van der Waals surface area contributed by atoms with Gasteiger partial charge in [-0.2, -0.15) is 13.2 Å². The molecule has 21 heavy (non-hydrogen) atoms. The molecule has 1 heterocycles. The van der Waals surface area contributed by atoms with E-state index >= 15 is 0 Å². The largest absolute Gasteiger partial charge is 0.416 e. The molecule has 3 rings (SSSR count). The maximum absolute atomic E-state index is 12.7. The van der Waals surface area contributed by atoms with E-state index in [4.69, 9.17) is 0 Å². The molecular formula is C15H11F3N2O. The number of urea groups is 1. The highest BCUT2D eigenvalue weighted by atomic mass is 19.4. The average Bonchev–Trinajstić information content (AvgIpc) is 2.45. The second kappa shape index (κ2) is 4.80. The van der Waals surface area contributed by atoms with Gasteiger partial charge >= 0.3 is 12.2 Å². The van der Waals surface area contributed by atoms with Crippen LogP contribution in [0.4, 0.5) is 23.7 Å². The molecule has 2 aromatic carbocycles. The van der Waals surface area contributed by atoms with E-state index in [1.165, 1.54) is 6.07 Å². The molecule has 108 valence electrons. The summed E-state index contributed by atoms with van der Waals surface area (Å²) in [6.45, 7) is 0. The number of carbonyl (C=O) groups is 1. The zero-order chi connectivity index (χ0) is 15.0. The monoisotopic (exact) mass is 292 g/mol. The highest BCUT2D eigenvalue weighted by Gasteiger charge is 2.33. The molecule has 0 spiro atoms. The average molecular weight is 292 g/mol. The first-order valence-electron chi connectivity index (χ1n) is 6.29. The van der Waals surface area contributed by atoms with Gasteiger partial charge in [-0.3, -0.25) is 0 Å². The number of benzene rings is 2. The van der Waals surface area contributed by atoms with Gasteiger partial charge in [0.25, 0.3) is 0 Å². The maximum atomic E-state index is 12.7. The highest BCUT2D eigenvalue weighted by molar-refractivity contribution is 5.93. The SMILES string of the molecule is O=C1Nc2cc(C(F)(F)F)ccc2C(c2ccccc2)N1. The van der Waals surface area contributed by atoms with Crippen molar-refractivity contribution in [3.05, 3.63) is 65.2 Å². The fourth-order valence-electron chi connectivity index (χ4n) is 2.37. The molecule has 0 saturated heterocycles. The van der Waals surface area contributed by atoms with E-state index in [1.54, 1.807) is 0 Å². The highest BCUT2D eigenvalue weighted by Crippen LogP contribution is 2.37. The van der Waals surface area contributed by atoms with E-state index in [0.717, 1.165) is 17.7 Å². The minimum absolute atomic E-state index is 0.183. The van der Waals surface area contributed by atoms with Gasteiger partial charge in [0, 0.05) is 11.3 Å². The predicted molar refractivity (Wildman–Crippen MR) is 71.9 cm³/mol. The molecule has 2 amide bonds. The first kappa shape index (κ1) is 13.5. The molecule has 3 nitrogen and oxygen atoms in total. The van der Waals surface area contributed by atoms with Crippen molar-refractivity contribution in [1.29, 1.82) is 0 Å². The fraction of sp³-hybridized carbons (Fsp3) is 0.133. The lowest BCUT2D eigenvalue weighted by molar-refractivity contribution is -0.137. The molecule has 0 fully saturated rings. The van der Waals surface area contributed by atoms with Crippen molar-refractivity contribution in [1.82, 2.24) is 5.32 Å². The van der Waals surface area contributed by atoms with E-state index in [1.807, 2.05) is 30.3 Å². The Labute approximate surface area is 118 Å². The van der Waals surface area contributed by atoms with Crippen LogP contribution in [-0.4, -0.2) is 6.03 Å². The second-order valence-corrected chi connectivity index (χ2v) is 4.74. The van der Waals surface area contributed by atoms with Crippen LogP contribution in [0.5, 0.6) is 0 Å². The number of fused-ring (bicyclic) bond motifs is 1. The van der Waals surface area contributed by atoms with E-state index in [9.17, 15) is 18.0 Å².